The molecule has 3 heterocycles. The number of alkyl halides is 2. The van der Waals surface area contributed by atoms with E-state index in [1.807, 2.05) is 0 Å². The molecule has 0 radical (unpaired) electrons. The number of nitrogens with two attached hydrogens (primary N) is 1. The van der Waals surface area contributed by atoms with Crippen molar-refractivity contribution in [3.8, 4) is 0 Å². The average Bonchev–Trinajstić information content (AvgIpc) is 2.82. The summed E-state index contributed by atoms with van der Waals surface area (Å²) in [7, 11) is 0. The third-order valence-corrected chi connectivity index (χ3v) is 4.31. The number of hydrogen-bond acceptors (Lipinski definition) is 7. The van der Waals surface area contributed by atoms with E-state index >= 15 is 0 Å². The van der Waals surface area contributed by atoms with Crippen molar-refractivity contribution in [1.29, 1.82) is 0 Å². The molecular weight excluding hydrogens is 288 g/mol. The number of imidazole rings is 1. The van der Waals surface area contributed by atoms with Crippen LogP contribution < -0.4 is 5.73 Å². The maximum absolute atomic E-state index is 14.5. The Labute approximate surface area is 116 Å². The second kappa shape index (κ2) is 3.64. The summed E-state index contributed by atoms with van der Waals surface area (Å²) >= 11 is 0. The molecule has 2 aromatic rings. The second-order valence-electron chi connectivity index (χ2n) is 5.24. The van der Waals surface area contributed by atoms with E-state index in [1.165, 1.54) is 17.2 Å². The molecule has 10 heteroatoms. The highest BCUT2D eigenvalue weighted by molar-refractivity contribution is 5.81. The van der Waals surface area contributed by atoms with E-state index in [9.17, 15) is 19.0 Å². The lowest BCUT2D eigenvalue weighted by molar-refractivity contribution is -0.0953. The number of hydrogen-bond donors (Lipinski definition) is 3. The molecule has 1 saturated carbocycles. The molecule has 21 heavy (non-hydrogen) atoms. The molecule has 0 aromatic carbocycles. The molecule has 4 rings (SSSR count). The largest absolute Gasteiger partial charge is 0.387 e. The molecule has 0 spiro atoms. The highest BCUT2D eigenvalue weighted by atomic mass is 19.1. The van der Waals surface area contributed by atoms with Crippen LogP contribution in [0.3, 0.4) is 0 Å². The minimum Gasteiger partial charge on any atom is -0.387 e. The van der Waals surface area contributed by atoms with Gasteiger partial charge in [-0.2, -0.15) is 0 Å². The molecule has 112 valence electrons. The lowest BCUT2D eigenvalue weighted by Gasteiger charge is -2.21. The van der Waals surface area contributed by atoms with Gasteiger partial charge in [0.2, 0.25) is 0 Å². The predicted octanol–water partition coefficient (Wildman–Crippen LogP) is -0.911. The lowest BCUT2D eigenvalue weighted by Crippen LogP contribution is -2.33. The Morgan fingerprint density at radius 3 is 2.86 bits per heavy atom. The summed E-state index contributed by atoms with van der Waals surface area (Å²) in [5, 5.41) is 19.6. The van der Waals surface area contributed by atoms with Crippen molar-refractivity contribution in [3.05, 3.63) is 12.7 Å². The number of nitrogen functional groups attached to an aromatic ring is 1. The molecule has 1 aliphatic heterocycles. The second-order valence-corrected chi connectivity index (χ2v) is 5.24. The van der Waals surface area contributed by atoms with Gasteiger partial charge in [-0.05, 0) is 0 Å². The summed E-state index contributed by atoms with van der Waals surface area (Å²) in [5.74, 6) is 0.108. The quantitative estimate of drug-likeness (QED) is 0.656. The molecule has 2 aliphatic rings. The molecule has 1 saturated heterocycles. The van der Waals surface area contributed by atoms with Gasteiger partial charge in [-0.3, -0.25) is 4.57 Å². The van der Waals surface area contributed by atoms with E-state index in [2.05, 4.69) is 15.0 Å². The fraction of sp³-hybridized carbons (Fsp3) is 0.545. The number of ether oxygens (including phenoxy) is 1. The third kappa shape index (κ3) is 1.21. The number of halogens is 2. The summed E-state index contributed by atoms with van der Waals surface area (Å²) < 4.78 is 34.0. The van der Waals surface area contributed by atoms with Gasteiger partial charge in [-0.15, -0.1) is 0 Å². The van der Waals surface area contributed by atoms with Gasteiger partial charge in [-0.25, -0.2) is 23.7 Å². The Bertz CT molecular complexity index is 738. The van der Waals surface area contributed by atoms with Crippen molar-refractivity contribution >= 4 is 17.0 Å². The SMILES string of the molecule is Nc1ncnc2c1ncn2[C@@H]1O[C@]2(CF)[C@@H](O)[C@]2(O)[C@H]1F. The Morgan fingerprint density at radius 2 is 2.19 bits per heavy atom. The monoisotopic (exact) mass is 299 g/mol. The molecule has 2 aromatic heterocycles. The summed E-state index contributed by atoms with van der Waals surface area (Å²) in [4.78, 5) is 11.6. The van der Waals surface area contributed by atoms with Gasteiger partial charge in [0, 0.05) is 0 Å². The van der Waals surface area contributed by atoms with Crippen molar-refractivity contribution in [2.24, 2.45) is 0 Å². The van der Waals surface area contributed by atoms with Crippen molar-refractivity contribution in [2.75, 3.05) is 12.4 Å². The molecule has 8 nitrogen and oxygen atoms in total. The summed E-state index contributed by atoms with van der Waals surface area (Å²) in [6.07, 6.45) is -2.59. The van der Waals surface area contributed by atoms with Crippen LogP contribution in [-0.2, 0) is 4.74 Å². The number of fused-ring (bicyclic) bond motifs is 2. The van der Waals surface area contributed by atoms with Gasteiger partial charge in [0.25, 0.3) is 0 Å². The van der Waals surface area contributed by atoms with Crippen molar-refractivity contribution in [3.63, 3.8) is 0 Å². The number of aromatic nitrogens is 4. The third-order valence-electron chi connectivity index (χ3n) is 4.31. The van der Waals surface area contributed by atoms with E-state index < -0.39 is 36.4 Å². The zero-order valence-electron chi connectivity index (χ0n) is 10.5. The average molecular weight is 299 g/mol. The summed E-state index contributed by atoms with van der Waals surface area (Å²) in [6.45, 7) is -1.20. The van der Waals surface area contributed by atoms with Crippen LogP contribution in [-0.4, -0.2) is 59.9 Å². The van der Waals surface area contributed by atoms with Crippen LogP contribution >= 0.6 is 0 Å². The van der Waals surface area contributed by atoms with Crippen LogP contribution in [0, 0.1) is 0 Å². The maximum Gasteiger partial charge on any atom is 0.179 e. The highest BCUT2D eigenvalue weighted by Gasteiger charge is 2.88. The van der Waals surface area contributed by atoms with Crippen molar-refractivity contribution in [2.45, 2.75) is 29.7 Å². The smallest absolute Gasteiger partial charge is 0.179 e. The predicted molar refractivity (Wildman–Crippen MR) is 64.4 cm³/mol. The Morgan fingerprint density at radius 1 is 1.43 bits per heavy atom. The molecule has 5 atom stereocenters. The molecule has 1 aliphatic carbocycles. The lowest BCUT2D eigenvalue weighted by atomic mass is 10.1. The fourth-order valence-electron chi connectivity index (χ4n) is 3.00. The Hall–Kier alpha value is -1.91. The van der Waals surface area contributed by atoms with Gasteiger partial charge in [0.05, 0.1) is 6.33 Å². The number of aliphatic hydroxyl groups excluding tert-OH is 1. The zero-order chi connectivity index (χ0) is 15.0. The van der Waals surface area contributed by atoms with E-state index in [-0.39, 0.29) is 17.0 Å². The van der Waals surface area contributed by atoms with Crippen molar-refractivity contribution in [1.82, 2.24) is 19.5 Å². The molecule has 0 bridgehead atoms. The molecule has 4 N–H and O–H groups in total. The summed E-state index contributed by atoms with van der Waals surface area (Å²) in [6, 6.07) is 0. The topological polar surface area (TPSA) is 119 Å². The van der Waals surface area contributed by atoms with Crippen LogP contribution in [0.5, 0.6) is 0 Å². The minimum absolute atomic E-state index is 0.108. The Kier molecular flexibility index (Phi) is 2.22. The normalized spacial score (nSPS) is 41.4. The van der Waals surface area contributed by atoms with Crippen molar-refractivity contribution < 1.29 is 23.7 Å². The van der Waals surface area contributed by atoms with Crippen LogP contribution in [0.1, 0.15) is 6.23 Å². The number of anilines is 1. The minimum atomic E-state index is -2.26. The van der Waals surface area contributed by atoms with Gasteiger partial charge in [-0.1, -0.05) is 0 Å². The molecule has 0 unspecified atom stereocenters. The first-order valence-corrected chi connectivity index (χ1v) is 6.18. The van der Waals surface area contributed by atoms with E-state index in [0.717, 1.165) is 0 Å². The van der Waals surface area contributed by atoms with Gasteiger partial charge in [0.15, 0.2) is 35.1 Å². The number of nitrogens with zero attached hydrogens (tertiary/aromatic N) is 4. The number of rotatable bonds is 2. The maximum atomic E-state index is 14.5. The summed E-state index contributed by atoms with van der Waals surface area (Å²) in [5.41, 5.74) is 1.87. The van der Waals surface area contributed by atoms with Crippen LogP contribution in [0.15, 0.2) is 12.7 Å². The van der Waals surface area contributed by atoms with E-state index in [4.69, 9.17) is 10.5 Å². The van der Waals surface area contributed by atoms with Gasteiger partial charge < -0.3 is 20.7 Å². The van der Waals surface area contributed by atoms with Crippen LogP contribution in [0.4, 0.5) is 14.6 Å². The van der Waals surface area contributed by atoms with E-state index in [1.54, 1.807) is 0 Å². The first-order valence-electron chi connectivity index (χ1n) is 6.18. The van der Waals surface area contributed by atoms with Gasteiger partial charge in [0.1, 0.15) is 24.6 Å². The molecule has 2 fully saturated rings. The standard InChI is InChI=1S/C11H11F2N5O3/c12-1-10-9(19)11(10,20)5(13)8(21-10)18-3-17-4-6(14)15-2-16-7(4)18/h2-3,5,8-9,19-20H,1H2,(H2,14,15,16)/t5-,8+,9+,10+,11+/m0/s1. The first-order chi connectivity index (χ1) is 9.97. The molecular formula is C11H11F2N5O3. The van der Waals surface area contributed by atoms with E-state index in [0.29, 0.717) is 0 Å². The van der Waals surface area contributed by atoms with Gasteiger partial charge >= 0.3 is 0 Å². The fourth-order valence-corrected chi connectivity index (χ4v) is 3.00. The molecule has 0 amide bonds. The first kappa shape index (κ1) is 12.8. The zero-order valence-corrected chi connectivity index (χ0v) is 10.5. The van der Waals surface area contributed by atoms with Crippen LogP contribution in [0.2, 0.25) is 0 Å². The Balaban J connectivity index is 1.80. The number of aliphatic hydroxyl groups is 2. The highest BCUT2D eigenvalue weighted by Crippen LogP contribution is 2.63. The van der Waals surface area contributed by atoms with Crippen LogP contribution in [0.25, 0.3) is 11.2 Å².